The quantitative estimate of drug-likeness (QED) is 0.844. The molecule has 0 aliphatic heterocycles. The van der Waals surface area contributed by atoms with Crippen LogP contribution in [-0.2, 0) is 9.59 Å². The molecule has 1 aliphatic rings. The molecule has 1 aromatic heterocycles. The Morgan fingerprint density at radius 3 is 2.73 bits per heavy atom. The number of carboxylic acids is 1. The molecular weight excluding hydrogens is 320 g/mol. The minimum absolute atomic E-state index is 0.243. The topological polar surface area (TPSA) is 85.0 Å². The number of carbonyl (C=O) groups is 2. The number of rotatable bonds is 3. The molecule has 116 valence electrons. The number of carboxylic acid groups (broad SMARTS) is 1. The van der Waals surface area contributed by atoms with Crippen molar-refractivity contribution in [1.82, 2.24) is 4.98 Å². The maximum absolute atomic E-state index is 12.4. The molecule has 0 bridgehead atoms. The van der Waals surface area contributed by atoms with Crippen LogP contribution in [0.4, 0.5) is 5.69 Å². The summed E-state index contributed by atoms with van der Waals surface area (Å²) in [6.45, 7) is 0. The summed E-state index contributed by atoms with van der Waals surface area (Å²) in [5.74, 6) is -2.57. The summed E-state index contributed by atoms with van der Waals surface area (Å²) in [7, 11) is 0. The van der Waals surface area contributed by atoms with Gasteiger partial charge in [-0.25, -0.2) is 0 Å². The van der Waals surface area contributed by atoms with Gasteiger partial charge in [-0.05, 0) is 43.3 Å². The Hall–Kier alpha value is -1.73. The molecule has 7 heteroatoms. The van der Waals surface area contributed by atoms with E-state index >= 15 is 0 Å². The summed E-state index contributed by atoms with van der Waals surface area (Å²) < 4.78 is 1.64. The van der Waals surface area contributed by atoms with Crippen molar-refractivity contribution in [3.63, 3.8) is 0 Å². The molecular formula is C15H15N2O3S2-. The van der Waals surface area contributed by atoms with Crippen LogP contribution in [0, 0.1) is 15.8 Å². The number of aromatic nitrogens is 1. The van der Waals surface area contributed by atoms with Crippen molar-refractivity contribution in [2.24, 2.45) is 11.8 Å². The molecule has 1 fully saturated rings. The van der Waals surface area contributed by atoms with Gasteiger partial charge in [0.25, 0.3) is 0 Å². The van der Waals surface area contributed by atoms with E-state index in [-0.39, 0.29) is 5.91 Å². The zero-order chi connectivity index (χ0) is 15.7. The van der Waals surface area contributed by atoms with Gasteiger partial charge in [0.1, 0.15) is 0 Å². The van der Waals surface area contributed by atoms with Crippen molar-refractivity contribution in [1.29, 1.82) is 0 Å². The normalized spacial score (nSPS) is 21.6. The number of thiazole rings is 1. The highest BCUT2D eigenvalue weighted by molar-refractivity contribution is 7.73. The maximum atomic E-state index is 12.4. The number of aromatic amines is 1. The number of hydrogen-bond acceptors (Lipinski definition) is 5. The number of carbonyl (C=O) groups excluding carboxylic acids is 2. The Kier molecular flexibility index (Phi) is 4.26. The van der Waals surface area contributed by atoms with Gasteiger partial charge in [0.2, 0.25) is 5.91 Å². The first-order valence-corrected chi connectivity index (χ1v) is 8.41. The number of H-pyrrole nitrogens is 1. The Morgan fingerprint density at radius 1 is 1.27 bits per heavy atom. The molecule has 2 N–H and O–H groups in total. The van der Waals surface area contributed by atoms with E-state index in [1.165, 1.54) is 11.3 Å². The van der Waals surface area contributed by atoms with E-state index in [1.807, 2.05) is 12.1 Å². The van der Waals surface area contributed by atoms with Crippen LogP contribution in [0.15, 0.2) is 18.2 Å². The first-order valence-electron chi connectivity index (χ1n) is 7.19. The molecule has 2 atom stereocenters. The maximum Gasteiger partial charge on any atom is 0.228 e. The highest BCUT2D eigenvalue weighted by atomic mass is 32.1. The van der Waals surface area contributed by atoms with Crippen molar-refractivity contribution in [2.45, 2.75) is 25.7 Å². The Labute approximate surface area is 136 Å². The van der Waals surface area contributed by atoms with E-state index in [0.29, 0.717) is 22.5 Å². The third-order valence-corrected chi connectivity index (χ3v) is 5.29. The van der Waals surface area contributed by atoms with Gasteiger partial charge in [-0.2, -0.15) is 0 Å². The standard InChI is InChI=1S/C15H16N2O3S2/c18-13(9-3-1-2-4-10(9)14(19)20)16-8-5-6-11-12(7-8)22-15(21)17-11/h5-7,9-10H,1-4H2,(H,16,18)(H,17,21)(H,19,20)/p-1/t9-,10+/m0/s1. The summed E-state index contributed by atoms with van der Waals surface area (Å²) in [4.78, 5) is 26.6. The first-order chi connectivity index (χ1) is 10.5. The fourth-order valence-corrected chi connectivity index (χ4v) is 4.14. The van der Waals surface area contributed by atoms with Crippen LogP contribution in [-0.4, -0.2) is 16.9 Å². The third-order valence-electron chi connectivity index (χ3n) is 4.09. The molecule has 5 nitrogen and oxygen atoms in total. The zero-order valence-electron chi connectivity index (χ0n) is 11.8. The number of benzene rings is 1. The second-order valence-corrected chi connectivity index (χ2v) is 7.25. The SMILES string of the molecule is O=C(Nc1ccc2[nH]c(=S)sc2c1)[C@H]1CCCC[C@H]1C(=O)[O-]. The number of anilines is 1. The van der Waals surface area contributed by atoms with Gasteiger partial charge >= 0.3 is 0 Å². The van der Waals surface area contributed by atoms with Gasteiger partial charge < -0.3 is 20.2 Å². The second kappa shape index (κ2) is 6.18. The number of aliphatic carboxylic acids is 1. The molecule has 1 aromatic carbocycles. The van der Waals surface area contributed by atoms with Crippen molar-refractivity contribution < 1.29 is 14.7 Å². The Bertz CT molecular complexity index is 780. The summed E-state index contributed by atoms with van der Waals surface area (Å²) in [6, 6.07) is 5.49. The Balaban J connectivity index is 1.79. The van der Waals surface area contributed by atoms with Crippen molar-refractivity contribution in [2.75, 3.05) is 5.32 Å². The van der Waals surface area contributed by atoms with Gasteiger partial charge in [-0.3, -0.25) is 4.79 Å². The fourth-order valence-electron chi connectivity index (χ4n) is 2.98. The van der Waals surface area contributed by atoms with Crippen LogP contribution in [0.2, 0.25) is 0 Å². The van der Waals surface area contributed by atoms with Crippen LogP contribution in [0.25, 0.3) is 10.2 Å². The molecule has 1 aliphatic carbocycles. The van der Waals surface area contributed by atoms with Gasteiger partial charge in [-0.15, -0.1) is 11.3 Å². The first kappa shape index (κ1) is 15.2. The lowest BCUT2D eigenvalue weighted by atomic mass is 9.78. The molecule has 1 heterocycles. The van der Waals surface area contributed by atoms with Gasteiger partial charge in [0.05, 0.1) is 10.2 Å². The molecule has 22 heavy (non-hydrogen) atoms. The zero-order valence-corrected chi connectivity index (χ0v) is 13.4. The third kappa shape index (κ3) is 3.05. The van der Waals surface area contributed by atoms with Crippen molar-refractivity contribution >= 4 is 51.3 Å². The van der Waals surface area contributed by atoms with Crippen LogP contribution in [0.5, 0.6) is 0 Å². The van der Waals surface area contributed by atoms with Gasteiger partial charge in [0, 0.05) is 23.5 Å². The minimum atomic E-state index is -1.13. The highest BCUT2D eigenvalue weighted by Crippen LogP contribution is 2.31. The predicted molar refractivity (Wildman–Crippen MR) is 86.1 cm³/mol. The largest absolute Gasteiger partial charge is 0.550 e. The molecule has 0 saturated heterocycles. The van der Waals surface area contributed by atoms with Crippen LogP contribution < -0.4 is 10.4 Å². The average Bonchev–Trinajstić information content (AvgIpc) is 2.86. The van der Waals surface area contributed by atoms with Gasteiger partial charge in [-0.1, -0.05) is 12.8 Å². The number of hydrogen-bond donors (Lipinski definition) is 2. The average molecular weight is 335 g/mol. The molecule has 0 unspecified atom stereocenters. The van der Waals surface area contributed by atoms with E-state index in [4.69, 9.17) is 12.2 Å². The summed E-state index contributed by atoms with van der Waals surface area (Å²) in [5.41, 5.74) is 1.59. The summed E-state index contributed by atoms with van der Waals surface area (Å²) in [6.07, 6.45) is 2.82. The van der Waals surface area contributed by atoms with E-state index < -0.39 is 17.8 Å². The number of fused-ring (bicyclic) bond motifs is 1. The highest BCUT2D eigenvalue weighted by Gasteiger charge is 2.31. The number of nitrogens with one attached hydrogen (secondary N) is 2. The van der Waals surface area contributed by atoms with Crippen LogP contribution in [0.1, 0.15) is 25.7 Å². The van der Waals surface area contributed by atoms with Crippen LogP contribution in [0.3, 0.4) is 0 Å². The molecule has 1 saturated carbocycles. The minimum Gasteiger partial charge on any atom is -0.550 e. The summed E-state index contributed by atoms with van der Waals surface area (Å²) >= 11 is 6.53. The monoisotopic (exact) mass is 335 g/mol. The lowest BCUT2D eigenvalue weighted by molar-refractivity contribution is -0.313. The van der Waals surface area contributed by atoms with Crippen LogP contribution >= 0.6 is 23.6 Å². The van der Waals surface area contributed by atoms with E-state index in [2.05, 4.69) is 10.3 Å². The van der Waals surface area contributed by atoms with E-state index in [9.17, 15) is 14.7 Å². The Morgan fingerprint density at radius 2 is 2.00 bits per heavy atom. The number of amides is 1. The molecule has 2 aromatic rings. The molecule has 3 rings (SSSR count). The van der Waals surface area contributed by atoms with E-state index in [0.717, 1.165) is 23.1 Å². The summed E-state index contributed by atoms with van der Waals surface area (Å²) in [5, 5.41) is 14.0. The predicted octanol–water partition coefficient (Wildman–Crippen LogP) is 2.45. The van der Waals surface area contributed by atoms with Gasteiger partial charge in [0.15, 0.2) is 3.95 Å². The molecule has 0 radical (unpaired) electrons. The van der Waals surface area contributed by atoms with E-state index in [1.54, 1.807) is 6.07 Å². The second-order valence-electron chi connectivity index (χ2n) is 5.53. The fraction of sp³-hybridized carbons (Fsp3) is 0.400. The molecule has 1 amide bonds. The lowest BCUT2D eigenvalue weighted by Gasteiger charge is -2.31. The molecule has 0 spiro atoms. The van der Waals surface area contributed by atoms with Crippen molar-refractivity contribution in [3.8, 4) is 0 Å². The lowest BCUT2D eigenvalue weighted by Crippen LogP contribution is -2.42. The van der Waals surface area contributed by atoms with Crippen molar-refractivity contribution in [3.05, 3.63) is 22.2 Å². The smallest absolute Gasteiger partial charge is 0.228 e.